The Balaban J connectivity index is 2.88. The van der Waals surface area contributed by atoms with Crippen LogP contribution in [0.5, 0.6) is 0 Å². The number of carbonyl (C=O) groups excluding carboxylic acids is 2. The summed E-state index contributed by atoms with van der Waals surface area (Å²) < 4.78 is 18.3. The zero-order valence-electron chi connectivity index (χ0n) is 14.0. The molecule has 0 radical (unpaired) electrons. The number of ether oxygens (including phenoxy) is 1. The lowest BCUT2D eigenvalue weighted by Gasteiger charge is -2.26. The van der Waals surface area contributed by atoms with Gasteiger partial charge in [-0.25, -0.2) is 14.0 Å². The van der Waals surface area contributed by atoms with E-state index in [0.29, 0.717) is 0 Å². The lowest BCUT2D eigenvalue weighted by Crippen LogP contribution is -2.45. The van der Waals surface area contributed by atoms with E-state index < -0.39 is 29.3 Å². The number of halogens is 1. The normalized spacial score (nSPS) is 10.9. The molecular formula is C16H21FN2O5. The molecule has 0 saturated heterocycles. The van der Waals surface area contributed by atoms with Gasteiger partial charge in [0.05, 0.1) is 7.11 Å². The van der Waals surface area contributed by atoms with Crippen molar-refractivity contribution in [1.82, 2.24) is 5.32 Å². The molecule has 0 atom stereocenters. The molecule has 132 valence electrons. The molecule has 0 aliphatic carbocycles. The summed E-state index contributed by atoms with van der Waals surface area (Å²) in [5.74, 6) is -2.54. The molecule has 24 heavy (non-hydrogen) atoms. The molecule has 1 aromatic carbocycles. The second-order valence-electron chi connectivity index (χ2n) is 5.94. The second kappa shape index (κ2) is 7.76. The van der Waals surface area contributed by atoms with E-state index in [1.165, 1.54) is 13.0 Å². The maximum absolute atomic E-state index is 13.8. The number of hydrogen-bond acceptors (Lipinski definition) is 4. The quantitative estimate of drug-likeness (QED) is 0.691. The van der Waals surface area contributed by atoms with Crippen molar-refractivity contribution in [3.05, 3.63) is 29.1 Å². The van der Waals surface area contributed by atoms with Gasteiger partial charge >= 0.3 is 18.0 Å². The largest absolute Gasteiger partial charge is 0.481 e. The second-order valence-corrected chi connectivity index (χ2v) is 5.94. The summed E-state index contributed by atoms with van der Waals surface area (Å²) in [5, 5.41) is 13.9. The Bertz CT molecular complexity index is 658. The van der Waals surface area contributed by atoms with E-state index in [9.17, 15) is 18.8 Å². The molecule has 2 amide bonds. The minimum atomic E-state index is -0.956. The molecule has 0 fully saturated rings. The number of aliphatic carboxylic acids is 1. The molecule has 0 saturated carbocycles. The van der Waals surface area contributed by atoms with Crippen LogP contribution in [0.4, 0.5) is 14.9 Å². The van der Waals surface area contributed by atoms with Crippen molar-refractivity contribution in [3.63, 3.8) is 0 Å². The van der Waals surface area contributed by atoms with Crippen LogP contribution in [0.15, 0.2) is 12.1 Å². The van der Waals surface area contributed by atoms with Crippen molar-refractivity contribution in [3.8, 4) is 0 Å². The van der Waals surface area contributed by atoms with Gasteiger partial charge in [0, 0.05) is 17.6 Å². The molecule has 0 bridgehead atoms. The lowest BCUT2D eigenvalue weighted by molar-refractivity contribution is -0.137. The van der Waals surface area contributed by atoms with Gasteiger partial charge in [-0.05, 0) is 44.9 Å². The topological polar surface area (TPSA) is 105 Å². The van der Waals surface area contributed by atoms with Gasteiger partial charge in [-0.1, -0.05) is 0 Å². The molecule has 0 aromatic heterocycles. The number of urea groups is 1. The van der Waals surface area contributed by atoms with Gasteiger partial charge in [0.2, 0.25) is 0 Å². The predicted molar refractivity (Wildman–Crippen MR) is 85.6 cm³/mol. The average molecular weight is 340 g/mol. The van der Waals surface area contributed by atoms with Crippen molar-refractivity contribution in [1.29, 1.82) is 0 Å². The van der Waals surface area contributed by atoms with Crippen LogP contribution in [-0.2, 0) is 9.53 Å². The minimum Gasteiger partial charge on any atom is -0.481 e. The maximum atomic E-state index is 13.8. The number of carboxylic acid groups (broad SMARTS) is 1. The Kier molecular flexibility index (Phi) is 6.27. The standard InChI is InChI=1S/C16H21FN2O5/c1-9-11(6-5-10(17)13(9)14(22)24-4)18-15(23)19-16(2,3)8-7-12(20)21/h5-6H,7-8H2,1-4H3,(H,20,21)(H2,18,19,23). The summed E-state index contributed by atoms with van der Waals surface area (Å²) in [5.41, 5.74) is -0.509. The van der Waals surface area contributed by atoms with Gasteiger partial charge in [0.1, 0.15) is 11.4 Å². The number of esters is 1. The van der Waals surface area contributed by atoms with Crippen LogP contribution in [0.1, 0.15) is 42.6 Å². The number of rotatable bonds is 6. The van der Waals surface area contributed by atoms with E-state index in [-0.39, 0.29) is 29.7 Å². The molecule has 0 aliphatic heterocycles. The summed E-state index contributed by atoms with van der Waals surface area (Å²) >= 11 is 0. The molecule has 0 aliphatic rings. The number of benzene rings is 1. The van der Waals surface area contributed by atoms with Crippen molar-refractivity contribution in [2.75, 3.05) is 12.4 Å². The Morgan fingerprint density at radius 2 is 1.92 bits per heavy atom. The van der Waals surface area contributed by atoms with Crippen molar-refractivity contribution >= 4 is 23.7 Å². The number of methoxy groups -OCH3 is 1. The van der Waals surface area contributed by atoms with Crippen LogP contribution < -0.4 is 10.6 Å². The fraction of sp³-hybridized carbons (Fsp3) is 0.438. The fourth-order valence-electron chi connectivity index (χ4n) is 2.11. The van der Waals surface area contributed by atoms with Crippen LogP contribution in [-0.4, -0.2) is 35.7 Å². The Morgan fingerprint density at radius 3 is 2.46 bits per heavy atom. The average Bonchev–Trinajstić information content (AvgIpc) is 2.47. The van der Waals surface area contributed by atoms with Crippen molar-refractivity contribution < 1.29 is 28.6 Å². The zero-order valence-corrected chi connectivity index (χ0v) is 14.0. The SMILES string of the molecule is COC(=O)c1c(F)ccc(NC(=O)NC(C)(C)CCC(=O)O)c1C. The van der Waals surface area contributed by atoms with E-state index >= 15 is 0 Å². The Morgan fingerprint density at radius 1 is 1.29 bits per heavy atom. The molecule has 1 aromatic rings. The van der Waals surface area contributed by atoms with Gasteiger partial charge in [0.25, 0.3) is 0 Å². The van der Waals surface area contributed by atoms with Gasteiger partial charge in [0.15, 0.2) is 0 Å². The highest BCUT2D eigenvalue weighted by Gasteiger charge is 2.23. The Labute approximate surface area is 139 Å². The smallest absolute Gasteiger partial charge is 0.341 e. The number of hydrogen-bond donors (Lipinski definition) is 3. The first-order valence-corrected chi connectivity index (χ1v) is 7.26. The third kappa shape index (κ3) is 5.22. The number of carbonyl (C=O) groups is 3. The molecule has 0 spiro atoms. The van der Waals surface area contributed by atoms with E-state index in [1.54, 1.807) is 13.8 Å². The molecule has 3 N–H and O–H groups in total. The molecule has 1 rings (SSSR count). The maximum Gasteiger partial charge on any atom is 0.341 e. The Hall–Kier alpha value is -2.64. The van der Waals surface area contributed by atoms with Crippen LogP contribution in [0.3, 0.4) is 0 Å². The molecule has 0 unspecified atom stereocenters. The third-order valence-corrected chi connectivity index (χ3v) is 3.47. The van der Waals surface area contributed by atoms with Gasteiger partial charge in [-0.15, -0.1) is 0 Å². The zero-order chi connectivity index (χ0) is 18.5. The summed E-state index contributed by atoms with van der Waals surface area (Å²) in [6.45, 7) is 4.86. The number of carboxylic acids is 1. The van der Waals surface area contributed by atoms with Crippen LogP contribution in [0.2, 0.25) is 0 Å². The lowest BCUT2D eigenvalue weighted by atomic mass is 9.99. The molecule has 8 heteroatoms. The molecule has 0 heterocycles. The van der Waals surface area contributed by atoms with E-state index in [1.807, 2.05) is 0 Å². The fourth-order valence-corrected chi connectivity index (χ4v) is 2.11. The van der Waals surface area contributed by atoms with E-state index in [4.69, 9.17) is 5.11 Å². The molecular weight excluding hydrogens is 319 g/mol. The highest BCUT2D eigenvalue weighted by molar-refractivity contribution is 5.96. The third-order valence-electron chi connectivity index (χ3n) is 3.47. The van der Waals surface area contributed by atoms with Crippen molar-refractivity contribution in [2.45, 2.75) is 39.2 Å². The van der Waals surface area contributed by atoms with Gasteiger partial charge < -0.3 is 20.5 Å². The van der Waals surface area contributed by atoms with Gasteiger partial charge in [-0.2, -0.15) is 0 Å². The van der Waals surface area contributed by atoms with Crippen molar-refractivity contribution in [2.24, 2.45) is 0 Å². The number of anilines is 1. The summed E-state index contributed by atoms with van der Waals surface area (Å²) in [4.78, 5) is 34.3. The molecule has 7 nitrogen and oxygen atoms in total. The first kappa shape index (κ1) is 19.4. The summed E-state index contributed by atoms with van der Waals surface area (Å²) in [6.07, 6.45) is 0.154. The monoisotopic (exact) mass is 340 g/mol. The van der Waals surface area contributed by atoms with Crippen LogP contribution in [0, 0.1) is 12.7 Å². The number of amides is 2. The summed E-state index contributed by atoms with van der Waals surface area (Å²) in [7, 11) is 1.14. The number of nitrogens with one attached hydrogen (secondary N) is 2. The van der Waals surface area contributed by atoms with Gasteiger partial charge in [-0.3, -0.25) is 4.79 Å². The van der Waals surface area contributed by atoms with Crippen LogP contribution in [0.25, 0.3) is 0 Å². The highest BCUT2D eigenvalue weighted by atomic mass is 19.1. The van der Waals surface area contributed by atoms with E-state index in [2.05, 4.69) is 15.4 Å². The van der Waals surface area contributed by atoms with Crippen LogP contribution >= 0.6 is 0 Å². The summed E-state index contributed by atoms with van der Waals surface area (Å²) in [6, 6.07) is 1.81. The predicted octanol–water partition coefficient (Wildman–Crippen LogP) is 2.69. The first-order valence-electron chi connectivity index (χ1n) is 7.26. The highest BCUT2D eigenvalue weighted by Crippen LogP contribution is 2.23. The van der Waals surface area contributed by atoms with E-state index in [0.717, 1.165) is 13.2 Å². The minimum absolute atomic E-state index is 0.0880. The first-order chi connectivity index (χ1) is 11.1.